The van der Waals surface area contributed by atoms with Crippen LogP contribution in [0.25, 0.3) is 0 Å². The number of nitrogens with one attached hydrogen (secondary N) is 1. The van der Waals surface area contributed by atoms with Gasteiger partial charge in [-0.3, -0.25) is 4.90 Å². The minimum atomic E-state index is 0.230. The zero-order valence-electron chi connectivity index (χ0n) is 11.1. The molecule has 16 heavy (non-hydrogen) atoms. The van der Waals surface area contributed by atoms with Crippen molar-refractivity contribution in [3.8, 4) is 0 Å². The molecule has 1 heterocycles. The topological polar surface area (TPSA) is 28.4 Å². The summed E-state index contributed by atoms with van der Waals surface area (Å²) in [5.41, 5.74) is 1.51. The Morgan fingerprint density at radius 3 is 2.69 bits per heavy atom. The van der Waals surface area contributed by atoms with Gasteiger partial charge in [0.2, 0.25) is 0 Å². The molecular weight excluding hydrogens is 200 g/mol. The van der Waals surface area contributed by atoms with Crippen molar-refractivity contribution in [1.82, 2.24) is 10.2 Å². The van der Waals surface area contributed by atoms with Crippen molar-refractivity contribution in [2.75, 3.05) is 14.1 Å². The summed E-state index contributed by atoms with van der Waals surface area (Å²) in [7, 11) is 4.10. The summed E-state index contributed by atoms with van der Waals surface area (Å²) < 4.78 is 5.46. The van der Waals surface area contributed by atoms with Crippen molar-refractivity contribution in [3.05, 3.63) is 23.7 Å². The van der Waals surface area contributed by atoms with E-state index in [-0.39, 0.29) is 5.54 Å². The van der Waals surface area contributed by atoms with Crippen LogP contribution in [0.15, 0.2) is 16.7 Å². The predicted molar refractivity (Wildman–Crippen MR) is 67.3 cm³/mol. The van der Waals surface area contributed by atoms with E-state index < -0.39 is 0 Å². The van der Waals surface area contributed by atoms with Gasteiger partial charge in [0.1, 0.15) is 5.76 Å². The molecule has 3 heteroatoms. The van der Waals surface area contributed by atoms with Crippen LogP contribution >= 0.6 is 0 Å². The largest absolute Gasteiger partial charge is 0.468 e. The molecular formula is C13H24N2O. The molecule has 0 aliphatic heterocycles. The summed E-state index contributed by atoms with van der Waals surface area (Å²) in [6, 6.07) is 2.06. The van der Waals surface area contributed by atoms with Crippen LogP contribution < -0.4 is 5.32 Å². The van der Waals surface area contributed by atoms with Crippen LogP contribution in [-0.2, 0) is 13.1 Å². The highest BCUT2D eigenvalue weighted by atomic mass is 16.3. The number of hydrogen-bond donors (Lipinski definition) is 1. The molecule has 1 rings (SSSR count). The monoisotopic (exact) mass is 224 g/mol. The van der Waals surface area contributed by atoms with Gasteiger partial charge in [0.25, 0.3) is 0 Å². The third-order valence-corrected chi connectivity index (χ3v) is 3.48. The third kappa shape index (κ3) is 3.09. The second-order valence-corrected chi connectivity index (χ2v) is 4.92. The molecule has 0 spiro atoms. The molecule has 1 aromatic heterocycles. The fourth-order valence-electron chi connectivity index (χ4n) is 1.56. The molecule has 3 nitrogen and oxygen atoms in total. The molecule has 0 unspecified atom stereocenters. The standard InChI is InChI=1S/C13H24N2O/c1-6-13(2,3)15(5)10-11-7-8-16-12(11)9-14-4/h7-8,14H,6,9-10H2,1-5H3. The molecule has 0 amide bonds. The minimum Gasteiger partial charge on any atom is -0.468 e. The Morgan fingerprint density at radius 1 is 1.44 bits per heavy atom. The Hall–Kier alpha value is -0.800. The first-order chi connectivity index (χ1) is 7.51. The lowest BCUT2D eigenvalue weighted by Crippen LogP contribution is -2.39. The Balaban J connectivity index is 2.69. The van der Waals surface area contributed by atoms with E-state index >= 15 is 0 Å². The van der Waals surface area contributed by atoms with Crippen LogP contribution in [0.2, 0.25) is 0 Å². The first-order valence-electron chi connectivity index (χ1n) is 5.92. The SMILES string of the molecule is CCC(C)(C)N(C)Cc1ccoc1CNC. The van der Waals surface area contributed by atoms with Gasteiger partial charge in [-0.1, -0.05) is 6.92 Å². The van der Waals surface area contributed by atoms with Crippen molar-refractivity contribution in [1.29, 1.82) is 0 Å². The maximum atomic E-state index is 5.46. The second kappa shape index (κ2) is 5.51. The van der Waals surface area contributed by atoms with Crippen LogP contribution in [0.1, 0.15) is 38.5 Å². The molecule has 0 saturated heterocycles. The van der Waals surface area contributed by atoms with Crippen molar-refractivity contribution < 1.29 is 4.42 Å². The fourth-order valence-corrected chi connectivity index (χ4v) is 1.56. The normalized spacial score (nSPS) is 12.4. The first-order valence-corrected chi connectivity index (χ1v) is 5.92. The number of furan rings is 1. The van der Waals surface area contributed by atoms with Crippen LogP contribution in [0.5, 0.6) is 0 Å². The Bertz CT molecular complexity index is 317. The molecule has 92 valence electrons. The fraction of sp³-hybridized carbons (Fsp3) is 0.692. The zero-order chi connectivity index (χ0) is 12.2. The van der Waals surface area contributed by atoms with Gasteiger partial charge in [-0.15, -0.1) is 0 Å². The number of nitrogens with zero attached hydrogens (tertiary/aromatic N) is 1. The summed E-state index contributed by atoms with van der Waals surface area (Å²) in [5.74, 6) is 1.04. The Labute approximate surface area is 98.8 Å². The summed E-state index contributed by atoms with van der Waals surface area (Å²) in [6.45, 7) is 8.49. The van der Waals surface area contributed by atoms with E-state index in [0.717, 1.165) is 25.3 Å². The van der Waals surface area contributed by atoms with Crippen molar-refractivity contribution in [2.24, 2.45) is 0 Å². The van der Waals surface area contributed by atoms with Crippen LogP contribution in [0.3, 0.4) is 0 Å². The van der Waals surface area contributed by atoms with Crippen LogP contribution in [-0.4, -0.2) is 24.5 Å². The summed E-state index contributed by atoms with van der Waals surface area (Å²) in [5, 5.41) is 3.12. The van der Waals surface area contributed by atoms with Gasteiger partial charge in [0, 0.05) is 17.6 Å². The van der Waals surface area contributed by atoms with E-state index in [1.807, 2.05) is 7.05 Å². The second-order valence-electron chi connectivity index (χ2n) is 4.92. The van der Waals surface area contributed by atoms with Gasteiger partial charge in [0.15, 0.2) is 0 Å². The molecule has 0 aromatic carbocycles. The van der Waals surface area contributed by atoms with E-state index in [2.05, 4.69) is 44.1 Å². The first kappa shape index (κ1) is 13.3. The highest BCUT2D eigenvalue weighted by Gasteiger charge is 2.22. The zero-order valence-corrected chi connectivity index (χ0v) is 11.1. The average Bonchev–Trinajstić information content (AvgIpc) is 2.66. The van der Waals surface area contributed by atoms with E-state index in [9.17, 15) is 0 Å². The third-order valence-electron chi connectivity index (χ3n) is 3.48. The molecule has 1 N–H and O–H groups in total. The van der Waals surface area contributed by atoms with Gasteiger partial charge in [0.05, 0.1) is 12.8 Å². The summed E-state index contributed by atoms with van der Waals surface area (Å²) >= 11 is 0. The van der Waals surface area contributed by atoms with Gasteiger partial charge in [-0.2, -0.15) is 0 Å². The van der Waals surface area contributed by atoms with E-state index in [0.29, 0.717) is 0 Å². The van der Waals surface area contributed by atoms with Crippen LogP contribution in [0.4, 0.5) is 0 Å². The van der Waals surface area contributed by atoms with Gasteiger partial charge in [-0.25, -0.2) is 0 Å². The lowest BCUT2D eigenvalue weighted by molar-refractivity contribution is 0.142. The lowest BCUT2D eigenvalue weighted by Gasteiger charge is -2.34. The molecule has 0 fully saturated rings. The van der Waals surface area contributed by atoms with E-state index in [4.69, 9.17) is 4.42 Å². The van der Waals surface area contributed by atoms with Crippen molar-refractivity contribution in [2.45, 2.75) is 45.8 Å². The highest BCUT2D eigenvalue weighted by Crippen LogP contribution is 2.21. The average molecular weight is 224 g/mol. The smallest absolute Gasteiger partial charge is 0.122 e. The Kier molecular flexibility index (Phi) is 4.56. The molecule has 0 atom stereocenters. The Morgan fingerprint density at radius 2 is 2.12 bits per heavy atom. The summed E-state index contributed by atoms with van der Waals surface area (Å²) in [4.78, 5) is 2.37. The summed E-state index contributed by atoms with van der Waals surface area (Å²) in [6.07, 6.45) is 2.91. The van der Waals surface area contributed by atoms with Gasteiger partial charge < -0.3 is 9.73 Å². The molecule has 0 aliphatic rings. The quantitative estimate of drug-likeness (QED) is 0.805. The maximum absolute atomic E-state index is 5.46. The molecule has 1 aromatic rings. The highest BCUT2D eigenvalue weighted by molar-refractivity contribution is 5.17. The predicted octanol–water partition coefficient (Wildman–Crippen LogP) is 2.62. The van der Waals surface area contributed by atoms with Crippen LogP contribution in [0, 0.1) is 0 Å². The number of hydrogen-bond acceptors (Lipinski definition) is 3. The molecule has 0 radical (unpaired) electrons. The van der Waals surface area contributed by atoms with Gasteiger partial charge >= 0.3 is 0 Å². The minimum absolute atomic E-state index is 0.230. The van der Waals surface area contributed by atoms with E-state index in [1.165, 1.54) is 5.56 Å². The lowest BCUT2D eigenvalue weighted by atomic mass is 9.99. The molecule has 0 bridgehead atoms. The van der Waals surface area contributed by atoms with E-state index in [1.54, 1.807) is 6.26 Å². The molecule has 0 aliphatic carbocycles. The van der Waals surface area contributed by atoms with Crippen molar-refractivity contribution >= 4 is 0 Å². The maximum Gasteiger partial charge on any atom is 0.122 e. The number of rotatable bonds is 6. The van der Waals surface area contributed by atoms with Gasteiger partial charge in [-0.05, 0) is 40.4 Å². The van der Waals surface area contributed by atoms with Crippen molar-refractivity contribution in [3.63, 3.8) is 0 Å². The molecule has 0 saturated carbocycles.